The first-order valence-electron chi connectivity index (χ1n) is 9.55. The fourth-order valence-corrected chi connectivity index (χ4v) is 3.60. The van der Waals surface area contributed by atoms with Crippen molar-refractivity contribution in [1.29, 1.82) is 0 Å². The number of nitrogens with zero attached hydrogens (tertiary/aromatic N) is 4. The highest BCUT2D eigenvalue weighted by Gasteiger charge is 2.23. The van der Waals surface area contributed by atoms with Crippen molar-refractivity contribution in [2.45, 2.75) is 27.3 Å². The van der Waals surface area contributed by atoms with Gasteiger partial charge in [0.1, 0.15) is 27.9 Å². The molecule has 0 bridgehead atoms. The van der Waals surface area contributed by atoms with E-state index in [1.807, 2.05) is 25.7 Å². The minimum atomic E-state index is -0.447. The summed E-state index contributed by atoms with van der Waals surface area (Å²) < 4.78 is 19.3. The summed E-state index contributed by atoms with van der Waals surface area (Å²) in [5.41, 5.74) is 1.21. The standard InChI is InChI=1S/C20H23ClFN5O2S/c1-4-27(11-21)9-16-26-17(18(29-16)14-6-5-13(22)8-23-14)20-25-15(10-30-20)19(28)24-7-12(2)3/h5-6,8,10,12H,4,7,9,11H2,1-3H3,(H,24,28). The molecule has 0 aliphatic carbocycles. The molecule has 0 aliphatic heterocycles. The van der Waals surface area contributed by atoms with Crippen LogP contribution in [0.5, 0.6) is 0 Å². The Hall–Kier alpha value is -2.36. The summed E-state index contributed by atoms with van der Waals surface area (Å²) in [6, 6.07) is 3.15. The first kappa shape index (κ1) is 22.3. The number of nitrogens with one attached hydrogen (secondary N) is 1. The van der Waals surface area contributed by atoms with Crippen molar-refractivity contribution >= 4 is 28.8 Å². The Bertz CT molecular complexity index is 986. The Balaban J connectivity index is 1.95. The molecular formula is C20H23ClFN5O2S. The van der Waals surface area contributed by atoms with Crippen LogP contribution in [-0.4, -0.2) is 44.9 Å². The fraction of sp³-hybridized carbons (Fsp3) is 0.400. The van der Waals surface area contributed by atoms with Gasteiger partial charge in [-0.3, -0.25) is 9.69 Å². The number of thiazole rings is 1. The number of oxazole rings is 1. The second-order valence-electron chi connectivity index (χ2n) is 7.05. The van der Waals surface area contributed by atoms with E-state index in [1.54, 1.807) is 5.38 Å². The van der Waals surface area contributed by atoms with E-state index in [1.165, 1.54) is 23.5 Å². The van der Waals surface area contributed by atoms with Crippen molar-refractivity contribution in [3.8, 4) is 22.2 Å². The molecule has 30 heavy (non-hydrogen) atoms. The predicted molar refractivity (Wildman–Crippen MR) is 115 cm³/mol. The average molecular weight is 452 g/mol. The first-order valence-corrected chi connectivity index (χ1v) is 11.0. The molecular weight excluding hydrogens is 429 g/mol. The van der Waals surface area contributed by atoms with Crippen molar-refractivity contribution in [2.24, 2.45) is 5.92 Å². The Morgan fingerprint density at radius 2 is 2.17 bits per heavy atom. The zero-order chi connectivity index (χ0) is 21.7. The monoisotopic (exact) mass is 451 g/mol. The molecule has 3 aromatic rings. The van der Waals surface area contributed by atoms with Gasteiger partial charge in [-0.2, -0.15) is 0 Å². The van der Waals surface area contributed by atoms with Crippen LogP contribution in [0, 0.1) is 11.7 Å². The Labute approximate surface area is 183 Å². The molecule has 0 unspecified atom stereocenters. The third-order valence-corrected chi connectivity index (χ3v) is 5.40. The van der Waals surface area contributed by atoms with Gasteiger partial charge >= 0.3 is 0 Å². The Kier molecular flexibility index (Phi) is 7.52. The number of alkyl halides is 1. The topological polar surface area (TPSA) is 84.2 Å². The summed E-state index contributed by atoms with van der Waals surface area (Å²) >= 11 is 7.24. The molecule has 0 fully saturated rings. The van der Waals surface area contributed by atoms with Crippen LogP contribution in [0.1, 0.15) is 37.2 Å². The molecule has 0 aliphatic rings. The van der Waals surface area contributed by atoms with Crippen LogP contribution in [0.4, 0.5) is 4.39 Å². The maximum absolute atomic E-state index is 13.3. The summed E-state index contributed by atoms with van der Waals surface area (Å²) in [6.07, 6.45) is 1.12. The molecule has 10 heteroatoms. The average Bonchev–Trinajstić information content (AvgIpc) is 3.38. The quantitative estimate of drug-likeness (QED) is 0.383. The number of carbonyl (C=O) groups excluding carboxylic acids is 1. The van der Waals surface area contributed by atoms with Gasteiger partial charge < -0.3 is 9.73 Å². The van der Waals surface area contributed by atoms with Gasteiger partial charge in [-0.15, -0.1) is 22.9 Å². The lowest BCUT2D eigenvalue weighted by molar-refractivity contribution is 0.0945. The molecule has 1 amide bonds. The second-order valence-corrected chi connectivity index (χ2v) is 8.15. The summed E-state index contributed by atoms with van der Waals surface area (Å²) in [5, 5.41) is 5.05. The van der Waals surface area contributed by atoms with Crippen molar-refractivity contribution in [2.75, 3.05) is 19.1 Å². The minimum Gasteiger partial charge on any atom is -0.437 e. The van der Waals surface area contributed by atoms with E-state index >= 15 is 0 Å². The highest BCUT2D eigenvalue weighted by atomic mass is 35.5. The molecule has 7 nitrogen and oxygen atoms in total. The molecule has 1 N–H and O–H groups in total. The van der Waals surface area contributed by atoms with Crippen LogP contribution < -0.4 is 5.32 Å². The van der Waals surface area contributed by atoms with Gasteiger partial charge in [-0.1, -0.05) is 20.8 Å². The smallest absolute Gasteiger partial charge is 0.270 e. The van der Waals surface area contributed by atoms with Crippen LogP contribution in [0.25, 0.3) is 22.2 Å². The van der Waals surface area contributed by atoms with E-state index in [2.05, 4.69) is 20.3 Å². The molecule has 160 valence electrons. The number of pyridine rings is 1. The van der Waals surface area contributed by atoms with Gasteiger partial charge in [-0.05, 0) is 24.6 Å². The van der Waals surface area contributed by atoms with E-state index in [0.717, 1.165) is 12.7 Å². The number of hydrogen-bond acceptors (Lipinski definition) is 7. The lowest BCUT2D eigenvalue weighted by Crippen LogP contribution is -2.27. The molecule has 0 saturated heterocycles. The number of amides is 1. The molecule has 0 atom stereocenters. The molecule has 3 aromatic heterocycles. The fourth-order valence-electron chi connectivity index (χ4n) is 2.56. The number of carbonyl (C=O) groups is 1. The highest BCUT2D eigenvalue weighted by molar-refractivity contribution is 7.13. The van der Waals surface area contributed by atoms with Crippen LogP contribution >= 0.6 is 22.9 Å². The number of aromatic nitrogens is 3. The van der Waals surface area contributed by atoms with Crippen molar-refractivity contribution in [3.05, 3.63) is 41.1 Å². The van der Waals surface area contributed by atoms with Gasteiger partial charge in [0.2, 0.25) is 5.89 Å². The van der Waals surface area contributed by atoms with Gasteiger partial charge in [-0.25, -0.2) is 19.3 Å². The van der Waals surface area contributed by atoms with Crippen LogP contribution in [-0.2, 0) is 6.54 Å². The Morgan fingerprint density at radius 3 is 2.80 bits per heavy atom. The molecule has 3 rings (SSSR count). The summed E-state index contributed by atoms with van der Waals surface area (Å²) in [7, 11) is 0. The van der Waals surface area contributed by atoms with Gasteiger partial charge in [0.15, 0.2) is 5.76 Å². The molecule has 0 aromatic carbocycles. The molecule has 0 saturated carbocycles. The van der Waals surface area contributed by atoms with Crippen LogP contribution in [0.3, 0.4) is 0 Å². The van der Waals surface area contributed by atoms with Crippen molar-refractivity contribution in [1.82, 2.24) is 25.2 Å². The van der Waals surface area contributed by atoms with E-state index in [9.17, 15) is 9.18 Å². The van der Waals surface area contributed by atoms with Gasteiger partial charge in [0.05, 0.1) is 18.7 Å². The third kappa shape index (κ3) is 5.41. The first-order chi connectivity index (χ1) is 14.4. The number of halogens is 2. The summed E-state index contributed by atoms with van der Waals surface area (Å²) in [5.74, 6) is 0.465. The molecule has 0 spiro atoms. The van der Waals surface area contributed by atoms with Gasteiger partial charge in [0, 0.05) is 11.9 Å². The molecule has 0 radical (unpaired) electrons. The van der Waals surface area contributed by atoms with Crippen LogP contribution in [0.15, 0.2) is 28.1 Å². The van der Waals surface area contributed by atoms with E-state index < -0.39 is 5.82 Å². The molecule has 3 heterocycles. The van der Waals surface area contributed by atoms with Crippen molar-refractivity contribution in [3.63, 3.8) is 0 Å². The minimum absolute atomic E-state index is 0.240. The number of rotatable bonds is 9. The summed E-state index contributed by atoms with van der Waals surface area (Å²) in [6.45, 7) is 7.72. The second kappa shape index (κ2) is 10.1. The number of hydrogen-bond donors (Lipinski definition) is 1. The maximum Gasteiger partial charge on any atom is 0.270 e. The van der Waals surface area contributed by atoms with Crippen LogP contribution in [0.2, 0.25) is 0 Å². The predicted octanol–water partition coefficient (Wildman–Crippen LogP) is 4.40. The zero-order valence-electron chi connectivity index (χ0n) is 17.0. The van der Waals surface area contributed by atoms with Gasteiger partial charge in [0.25, 0.3) is 5.91 Å². The third-order valence-electron chi connectivity index (χ3n) is 4.22. The largest absolute Gasteiger partial charge is 0.437 e. The highest BCUT2D eigenvalue weighted by Crippen LogP contribution is 2.34. The van der Waals surface area contributed by atoms with E-state index in [0.29, 0.717) is 58.8 Å². The Morgan fingerprint density at radius 1 is 1.37 bits per heavy atom. The normalized spacial score (nSPS) is 11.4. The van der Waals surface area contributed by atoms with Crippen molar-refractivity contribution < 1.29 is 13.6 Å². The zero-order valence-corrected chi connectivity index (χ0v) is 18.6. The lowest BCUT2D eigenvalue weighted by Gasteiger charge is -2.13. The maximum atomic E-state index is 13.3. The SMILES string of the molecule is CCN(CCl)Cc1nc(-c2nc(C(=O)NCC(C)C)cs2)c(-c2ccc(F)cn2)o1. The van der Waals surface area contributed by atoms with E-state index in [-0.39, 0.29) is 5.91 Å². The van der Waals surface area contributed by atoms with E-state index in [4.69, 9.17) is 16.0 Å². The summed E-state index contributed by atoms with van der Waals surface area (Å²) in [4.78, 5) is 27.4. The lowest BCUT2D eigenvalue weighted by atomic mass is 10.2.